The van der Waals surface area contributed by atoms with Gasteiger partial charge < -0.3 is 10.6 Å². The molecule has 0 aliphatic rings. The number of hydrogen-bond acceptors (Lipinski definition) is 1. The van der Waals surface area contributed by atoms with Gasteiger partial charge in [0.1, 0.15) is 0 Å². The number of benzene rings is 2. The molecule has 0 saturated heterocycles. The molecule has 3 heteroatoms. The average Bonchev–Trinajstić information content (AvgIpc) is 2.53. The molecule has 22 heavy (non-hydrogen) atoms. The van der Waals surface area contributed by atoms with E-state index in [4.69, 9.17) is 12.2 Å². The van der Waals surface area contributed by atoms with E-state index in [0.717, 1.165) is 13.0 Å². The van der Waals surface area contributed by atoms with E-state index in [9.17, 15) is 0 Å². The summed E-state index contributed by atoms with van der Waals surface area (Å²) >= 11 is 5.43. The molecule has 2 nitrogen and oxygen atoms in total. The minimum absolute atomic E-state index is 0.249. The Morgan fingerprint density at radius 2 is 1.50 bits per heavy atom. The zero-order valence-corrected chi connectivity index (χ0v) is 14.3. The molecule has 0 bridgehead atoms. The number of rotatable bonds is 5. The Morgan fingerprint density at radius 1 is 0.955 bits per heavy atom. The van der Waals surface area contributed by atoms with Crippen LogP contribution in [-0.2, 0) is 6.54 Å². The summed E-state index contributed by atoms with van der Waals surface area (Å²) in [6, 6.07) is 17.4. The summed E-state index contributed by atoms with van der Waals surface area (Å²) in [6.07, 6.45) is 0.995. The van der Waals surface area contributed by atoms with Gasteiger partial charge in [-0.25, -0.2) is 0 Å². The second kappa shape index (κ2) is 7.95. The maximum Gasteiger partial charge on any atom is 0.167 e. The lowest BCUT2D eigenvalue weighted by molar-refractivity contribution is 0.616. The Labute approximate surface area is 139 Å². The second-order valence-corrected chi connectivity index (χ2v) is 6.09. The van der Waals surface area contributed by atoms with Gasteiger partial charge in [0.05, 0.1) is 6.04 Å². The molecule has 0 amide bonds. The van der Waals surface area contributed by atoms with Gasteiger partial charge >= 0.3 is 0 Å². The van der Waals surface area contributed by atoms with Crippen LogP contribution in [0, 0.1) is 13.8 Å². The molecule has 0 saturated carbocycles. The fourth-order valence-corrected chi connectivity index (χ4v) is 2.53. The minimum Gasteiger partial charge on any atom is -0.359 e. The molecule has 0 spiro atoms. The maximum absolute atomic E-state index is 5.43. The summed E-state index contributed by atoms with van der Waals surface area (Å²) in [5.41, 5.74) is 5.05. The van der Waals surface area contributed by atoms with Crippen LogP contribution in [0.5, 0.6) is 0 Å². The fraction of sp³-hybridized carbons (Fsp3) is 0.316. The lowest BCUT2D eigenvalue weighted by Crippen LogP contribution is -2.37. The largest absolute Gasteiger partial charge is 0.359 e. The van der Waals surface area contributed by atoms with Crippen molar-refractivity contribution in [1.82, 2.24) is 10.6 Å². The molecule has 1 unspecified atom stereocenters. The molecular formula is C19H24N2S. The highest BCUT2D eigenvalue weighted by Crippen LogP contribution is 2.17. The molecule has 1 atom stereocenters. The Kier molecular flexibility index (Phi) is 5.96. The molecule has 0 radical (unpaired) electrons. The highest BCUT2D eigenvalue weighted by molar-refractivity contribution is 7.80. The van der Waals surface area contributed by atoms with Crippen LogP contribution < -0.4 is 10.6 Å². The summed E-state index contributed by atoms with van der Waals surface area (Å²) in [5.74, 6) is 0. The average molecular weight is 312 g/mol. The summed E-state index contributed by atoms with van der Waals surface area (Å²) in [7, 11) is 0. The second-order valence-electron chi connectivity index (χ2n) is 5.68. The van der Waals surface area contributed by atoms with E-state index in [1.165, 1.54) is 22.3 Å². The zero-order valence-electron chi connectivity index (χ0n) is 13.5. The van der Waals surface area contributed by atoms with Crippen molar-refractivity contribution < 1.29 is 0 Å². The SMILES string of the molecule is CCC(NC(=S)NCc1ccc(C)cc1)c1ccc(C)cc1. The first kappa shape index (κ1) is 16.5. The van der Waals surface area contributed by atoms with Gasteiger partial charge in [0.25, 0.3) is 0 Å². The van der Waals surface area contributed by atoms with Crippen molar-refractivity contribution in [2.45, 2.75) is 39.8 Å². The molecule has 2 aromatic carbocycles. The van der Waals surface area contributed by atoms with E-state index in [2.05, 4.69) is 79.9 Å². The first-order valence-corrected chi connectivity index (χ1v) is 8.15. The molecule has 116 valence electrons. The normalized spacial score (nSPS) is 11.8. The minimum atomic E-state index is 0.249. The Morgan fingerprint density at radius 3 is 2.05 bits per heavy atom. The van der Waals surface area contributed by atoms with Crippen LogP contribution in [0.15, 0.2) is 48.5 Å². The Bertz CT molecular complexity index is 602. The van der Waals surface area contributed by atoms with Crippen molar-refractivity contribution in [2.24, 2.45) is 0 Å². The fourth-order valence-electron chi connectivity index (χ4n) is 2.32. The number of thiocarbonyl (C=S) groups is 1. The summed E-state index contributed by atoms with van der Waals surface area (Å²) in [6.45, 7) is 7.11. The van der Waals surface area contributed by atoms with Crippen molar-refractivity contribution in [3.8, 4) is 0 Å². The summed E-state index contributed by atoms with van der Waals surface area (Å²) < 4.78 is 0. The topological polar surface area (TPSA) is 24.1 Å². The Hall–Kier alpha value is -1.87. The molecular weight excluding hydrogens is 288 g/mol. The molecule has 2 aromatic rings. The standard InChI is InChI=1S/C19H24N2S/c1-4-18(17-11-7-15(3)8-12-17)21-19(22)20-13-16-9-5-14(2)6-10-16/h5-12,18H,4,13H2,1-3H3,(H2,20,21,22). The lowest BCUT2D eigenvalue weighted by atomic mass is 10.0. The first-order valence-electron chi connectivity index (χ1n) is 7.75. The van der Waals surface area contributed by atoms with Crippen LogP contribution >= 0.6 is 12.2 Å². The van der Waals surface area contributed by atoms with E-state index in [-0.39, 0.29) is 6.04 Å². The van der Waals surface area contributed by atoms with Crippen LogP contribution in [-0.4, -0.2) is 5.11 Å². The first-order chi connectivity index (χ1) is 10.6. The van der Waals surface area contributed by atoms with Crippen molar-refractivity contribution in [3.63, 3.8) is 0 Å². The molecule has 0 heterocycles. The maximum atomic E-state index is 5.43. The number of aryl methyl sites for hydroxylation is 2. The van der Waals surface area contributed by atoms with Crippen molar-refractivity contribution in [3.05, 3.63) is 70.8 Å². The van der Waals surface area contributed by atoms with Gasteiger partial charge in [0.15, 0.2) is 5.11 Å². The van der Waals surface area contributed by atoms with Crippen molar-refractivity contribution in [1.29, 1.82) is 0 Å². The zero-order chi connectivity index (χ0) is 15.9. The van der Waals surface area contributed by atoms with Crippen LogP contribution in [0.3, 0.4) is 0 Å². The van der Waals surface area contributed by atoms with Gasteiger partial charge in [-0.05, 0) is 43.6 Å². The van der Waals surface area contributed by atoms with Crippen LogP contribution in [0.1, 0.15) is 41.6 Å². The summed E-state index contributed by atoms with van der Waals surface area (Å²) in [4.78, 5) is 0. The predicted octanol–water partition coefficient (Wildman–Crippen LogP) is 4.42. The quantitative estimate of drug-likeness (QED) is 0.799. The van der Waals surface area contributed by atoms with Gasteiger partial charge in [0.2, 0.25) is 0 Å². The Balaban J connectivity index is 1.89. The van der Waals surface area contributed by atoms with Gasteiger partial charge in [-0.1, -0.05) is 66.6 Å². The van der Waals surface area contributed by atoms with Crippen molar-refractivity contribution >= 4 is 17.3 Å². The highest BCUT2D eigenvalue weighted by atomic mass is 32.1. The molecule has 0 aliphatic heterocycles. The molecule has 2 rings (SSSR count). The van der Waals surface area contributed by atoms with Crippen LogP contribution in [0.2, 0.25) is 0 Å². The molecule has 0 fully saturated rings. The third-order valence-corrected chi connectivity index (χ3v) is 4.03. The van der Waals surface area contributed by atoms with E-state index in [1.54, 1.807) is 0 Å². The molecule has 2 N–H and O–H groups in total. The van der Waals surface area contributed by atoms with Crippen LogP contribution in [0.4, 0.5) is 0 Å². The van der Waals surface area contributed by atoms with Gasteiger partial charge in [-0.3, -0.25) is 0 Å². The van der Waals surface area contributed by atoms with E-state index in [0.29, 0.717) is 5.11 Å². The third-order valence-electron chi connectivity index (χ3n) is 3.77. The summed E-state index contributed by atoms with van der Waals surface area (Å²) in [5, 5.41) is 7.39. The predicted molar refractivity (Wildman–Crippen MR) is 98.0 cm³/mol. The van der Waals surface area contributed by atoms with Crippen molar-refractivity contribution in [2.75, 3.05) is 0 Å². The molecule has 0 aromatic heterocycles. The van der Waals surface area contributed by atoms with Crippen LogP contribution in [0.25, 0.3) is 0 Å². The van der Waals surface area contributed by atoms with Gasteiger partial charge in [-0.15, -0.1) is 0 Å². The third kappa shape index (κ3) is 4.85. The van der Waals surface area contributed by atoms with E-state index in [1.807, 2.05) is 0 Å². The van der Waals surface area contributed by atoms with E-state index >= 15 is 0 Å². The monoisotopic (exact) mass is 312 g/mol. The smallest absolute Gasteiger partial charge is 0.167 e. The lowest BCUT2D eigenvalue weighted by Gasteiger charge is -2.20. The molecule has 0 aliphatic carbocycles. The highest BCUT2D eigenvalue weighted by Gasteiger charge is 2.10. The van der Waals surface area contributed by atoms with E-state index < -0.39 is 0 Å². The number of hydrogen-bond donors (Lipinski definition) is 2. The number of nitrogens with one attached hydrogen (secondary N) is 2. The van der Waals surface area contributed by atoms with Gasteiger partial charge in [0, 0.05) is 6.54 Å². The van der Waals surface area contributed by atoms with Gasteiger partial charge in [-0.2, -0.15) is 0 Å².